The number of carbonyl (C=O) groups excluding carboxylic acids is 1. The van der Waals surface area contributed by atoms with Crippen molar-refractivity contribution in [3.05, 3.63) is 137 Å². The highest BCUT2D eigenvalue weighted by molar-refractivity contribution is 8.18. The Morgan fingerprint density at radius 2 is 1.38 bits per heavy atom. The van der Waals surface area contributed by atoms with E-state index in [1.165, 1.54) is 7.11 Å². The smallest absolute Gasteiger partial charge is 0.339 e. The van der Waals surface area contributed by atoms with Gasteiger partial charge in [-0.3, -0.25) is 4.90 Å². The van der Waals surface area contributed by atoms with Gasteiger partial charge in [0.05, 0.1) is 18.5 Å². The van der Waals surface area contributed by atoms with Crippen LogP contribution in [-0.4, -0.2) is 29.6 Å². The Morgan fingerprint density at radius 3 is 1.95 bits per heavy atom. The Labute approximate surface area is 251 Å². The van der Waals surface area contributed by atoms with Crippen LogP contribution in [0.2, 0.25) is 0 Å². The zero-order valence-corrected chi connectivity index (χ0v) is 24.7. The number of hydrogen-bond donors (Lipinski definition) is 0. The van der Waals surface area contributed by atoms with Gasteiger partial charge < -0.3 is 4.74 Å². The van der Waals surface area contributed by atoms with Gasteiger partial charge in [-0.05, 0) is 48.7 Å². The Bertz CT molecular complexity index is 1650. The molecule has 210 valence electrons. The predicted molar refractivity (Wildman–Crippen MR) is 173 cm³/mol. The first-order chi connectivity index (χ1) is 20.5. The van der Waals surface area contributed by atoms with Crippen molar-refractivity contribution in [1.29, 1.82) is 0 Å². The van der Waals surface area contributed by atoms with Crippen molar-refractivity contribution in [2.24, 2.45) is 16.0 Å². The van der Waals surface area contributed by atoms with Gasteiger partial charge in [-0.25, -0.2) is 14.8 Å². The molecule has 0 N–H and O–H groups in total. The van der Waals surface area contributed by atoms with Crippen LogP contribution in [-0.2, 0) is 9.53 Å². The summed E-state index contributed by atoms with van der Waals surface area (Å²) in [7, 11) is 1.45. The first kappa shape index (κ1) is 27.5. The zero-order chi connectivity index (χ0) is 29.1. The summed E-state index contributed by atoms with van der Waals surface area (Å²) in [6.45, 7) is 4.32. The summed E-state index contributed by atoms with van der Waals surface area (Å²) < 4.78 is 5.57. The summed E-state index contributed by atoms with van der Waals surface area (Å²) in [5.41, 5.74) is 2.71. The quantitative estimate of drug-likeness (QED) is 0.210. The van der Waals surface area contributed by atoms with E-state index in [2.05, 4.69) is 30.9 Å². The molecule has 0 amide bonds. The lowest BCUT2D eigenvalue weighted by atomic mass is 9.92. The van der Waals surface area contributed by atoms with Gasteiger partial charge in [-0.1, -0.05) is 111 Å². The van der Waals surface area contributed by atoms with E-state index >= 15 is 0 Å². The summed E-state index contributed by atoms with van der Waals surface area (Å²) in [5, 5.41) is 8.02. The lowest BCUT2D eigenvalue weighted by Crippen LogP contribution is -2.62. The molecule has 0 saturated carbocycles. The number of ether oxygens (including phenoxy) is 1. The molecule has 0 radical (unpaired) electrons. The highest BCUT2D eigenvalue weighted by atomic mass is 32.2. The lowest BCUT2D eigenvalue weighted by molar-refractivity contribution is -0.136. The Balaban J connectivity index is 1.75. The molecule has 6 rings (SSSR count). The van der Waals surface area contributed by atoms with Gasteiger partial charge in [0.2, 0.25) is 5.66 Å². The van der Waals surface area contributed by atoms with Crippen molar-refractivity contribution in [1.82, 2.24) is 0 Å². The molecule has 1 spiro atoms. The average Bonchev–Trinajstić information content (AvgIpc) is 3.53. The number of anilines is 2. The minimum Gasteiger partial charge on any atom is -0.466 e. The molecule has 42 heavy (non-hydrogen) atoms. The molecule has 4 aromatic rings. The van der Waals surface area contributed by atoms with Crippen molar-refractivity contribution in [3.8, 4) is 0 Å². The molecule has 1 atom stereocenters. The van der Waals surface area contributed by atoms with Crippen molar-refractivity contribution in [3.63, 3.8) is 0 Å². The fraction of sp³-hybridized carbons (Fsp3) is 0.171. The highest BCUT2D eigenvalue weighted by Crippen LogP contribution is 2.55. The van der Waals surface area contributed by atoms with Crippen molar-refractivity contribution in [2.45, 2.75) is 25.9 Å². The van der Waals surface area contributed by atoms with Gasteiger partial charge in [0.15, 0.2) is 5.84 Å². The van der Waals surface area contributed by atoms with E-state index in [0.29, 0.717) is 23.7 Å². The largest absolute Gasteiger partial charge is 0.466 e. The summed E-state index contributed by atoms with van der Waals surface area (Å²) in [5.74, 6) is 0.605. The number of methoxy groups -OCH3 is 1. The molecule has 2 aliphatic rings. The number of allylic oxidation sites excluding steroid dienone is 1. The Hall–Kier alpha value is -4.62. The molecule has 0 fully saturated rings. The molecule has 0 aliphatic carbocycles. The maximum absolute atomic E-state index is 14.1. The summed E-state index contributed by atoms with van der Waals surface area (Å²) in [6.07, 6.45) is 0.691. The number of benzene rings is 4. The molecule has 2 heterocycles. The average molecular weight is 573 g/mol. The Kier molecular flexibility index (Phi) is 7.68. The number of thioether (sulfide) groups is 1. The highest BCUT2D eigenvalue weighted by Gasteiger charge is 2.63. The molecule has 4 aromatic carbocycles. The lowest BCUT2D eigenvalue weighted by Gasteiger charge is -2.42. The van der Waals surface area contributed by atoms with Crippen LogP contribution in [0.4, 0.5) is 17.1 Å². The van der Waals surface area contributed by atoms with Crippen LogP contribution in [0.25, 0.3) is 0 Å². The summed E-state index contributed by atoms with van der Waals surface area (Å²) in [4.78, 5) is 22.5. The second kappa shape index (κ2) is 11.7. The van der Waals surface area contributed by atoms with Crippen LogP contribution < -0.4 is 9.91 Å². The van der Waals surface area contributed by atoms with Crippen LogP contribution in [0, 0.1) is 5.92 Å². The van der Waals surface area contributed by atoms with E-state index in [1.54, 1.807) is 11.8 Å². The summed E-state index contributed by atoms with van der Waals surface area (Å²) in [6, 6.07) is 40.0. The molecule has 0 bridgehead atoms. The zero-order valence-electron chi connectivity index (χ0n) is 23.8. The monoisotopic (exact) mass is 572 g/mol. The van der Waals surface area contributed by atoms with E-state index in [1.807, 2.05) is 114 Å². The van der Waals surface area contributed by atoms with Crippen LogP contribution in [0.15, 0.2) is 142 Å². The van der Waals surface area contributed by atoms with Crippen molar-refractivity contribution >= 4 is 45.7 Å². The van der Waals surface area contributed by atoms with E-state index in [4.69, 9.17) is 14.8 Å². The minimum atomic E-state index is -1.24. The first-order valence-corrected chi connectivity index (χ1v) is 14.8. The molecule has 6 nitrogen and oxygen atoms in total. The fourth-order valence-corrected chi connectivity index (χ4v) is 7.02. The van der Waals surface area contributed by atoms with Gasteiger partial charge in [0.1, 0.15) is 10.6 Å². The predicted octanol–water partition coefficient (Wildman–Crippen LogP) is 8.02. The second-order valence-corrected chi connectivity index (χ2v) is 11.6. The van der Waals surface area contributed by atoms with E-state index in [9.17, 15) is 4.79 Å². The molecular weight excluding hydrogens is 540 g/mol. The number of para-hydroxylation sites is 3. The number of esters is 1. The van der Waals surface area contributed by atoms with Crippen LogP contribution in [0.3, 0.4) is 0 Å². The van der Waals surface area contributed by atoms with E-state index < -0.39 is 11.6 Å². The summed E-state index contributed by atoms with van der Waals surface area (Å²) >= 11 is 1.55. The Morgan fingerprint density at radius 1 is 0.833 bits per heavy atom. The van der Waals surface area contributed by atoms with Crippen LogP contribution in [0.5, 0.6) is 0 Å². The van der Waals surface area contributed by atoms with Crippen molar-refractivity contribution < 1.29 is 9.53 Å². The molecule has 2 aliphatic heterocycles. The molecule has 7 heteroatoms. The van der Waals surface area contributed by atoms with Crippen LogP contribution >= 0.6 is 11.8 Å². The number of rotatable bonds is 7. The number of amidine groups is 1. The maximum atomic E-state index is 14.1. The second-order valence-electron chi connectivity index (χ2n) is 10.5. The van der Waals surface area contributed by atoms with Gasteiger partial charge in [0, 0.05) is 16.2 Å². The SMILES string of the molecule is COC(=O)C1=C(CC(C)C)SC(=Nc2ccccc2)C12N(c1ccccc1)N=C(c1ccccc1)N2c1ccccc1. The van der Waals surface area contributed by atoms with E-state index in [0.717, 1.165) is 32.6 Å². The molecule has 1 unspecified atom stereocenters. The van der Waals surface area contributed by atoms with Gasteiger partial charge in [-0.15, -0.1) is 0 Å². The third-order valence-electron chi connectivity index (χ3n) is 7.20. The number of aliphatic imine (C=N–C) groups is 1. The third kappa shape index (κ3) is 4.80. The number of hydrogen-bond acceptors (Lipinski definition) is 7. The minimum absolute atomic E-state index is 0.298. The van der Waals surface area contributed by atoms with E-state index in [-0.39, 0.29) is 0 Å². The first-order valence-electron chi connectivity index (χ1n) is 14.0. The van der Waals surface area contributed by atoms with Gasteiger partial charge in [0.25, 0.3) is 0 Å². The number of carbonyl (C=O) groups is 1. The topological polar surface area (TPSA) is 57.5 Å². The van der Waals surface area contributed by atoms with Crippen molar-refractivity contribution in [2.75, 3.05) is 17.0 Å². The van der Waals surface area contributed by atoms with Gasteiger partial charge in [-0.2, -0.15) is 5.10 Å². The van der Waals surface area contributed by atoms with Crippen LogP contribution in [0.1, 0.15) is 25.8 Å². The normalized spacial score (nSPS) is 19.2. The number of hydrazone groups is 1. The maximum Gasteiger partial charge on any atom is 0.339 e. The fourth-order valence-electron chi connectivity index (χ4n) is 5.47. The number of nitrogens with zero attached hydrogens (tertiary/aromatic N) is 4. The molecule has 0 aromatic heterocycles. The molecule has 0 saturated heterocycles. The van der Waals surface area contributed by atoms with Gasteiger partial charge >= 0.3 is 5.97 Å². The molecular formula is C35H32N4O2S. The standard InChI is InChI=1S/C35H32N4O2S/c1-25(2)24-30-31(33(40)41-3)35(34(42-30)36-27-18-10-5-11-19-27)38(28-20-12-6-13-21-28)32(26-16-8-4-9-17-26)37-39(35)29-22-14-7-15-23-29/h4-23,25H,24H2,1-3H3. The third-order valence-corrected chi connectivity index (χ3v) is 8.39.